The van der Waals surface area contributed by atoms with E-state index in [1.165, 1.54) is 31.8 Å². The van der Waals surface area contributed by atoms with Crippen molar-refractivity contribution >= 4 is 47.7 Å². The first-order valence-electron chi connectivity index (χ1n) is 13.3. The second-order valence-electron chi connectivity index (χ2n) is 8.68. The number of rotatable bonds is 6. The minimum absolute atomic E-state index is 0. The maximum absolute atomic E-state index is 7.75. The largest absolute Gasteiger partial charge is 0.0622 e. The molecule has 0 fully saturated rings. The summed E-state index contributed by atoms with van der Waals surface area (Å²) in [6.45, 7) is 6.50. The molecule has 0 saturated heterocycles. The Balaban J connectivity index is 0.000000264. The van der Waals surface area contributed by atoms with E-state index in [2.05, 4.69) is 195 Å². The van der Waals surface area contributed by atoms with E-state index in [1.54, 1.807) is 0 Å². The summed E-state index contributed by atoms with van der Waals surface area (Å²) in [4.78, 5) is 0. The molecule has 0 unspecified atom stereocenters. The second kappa shape index (κ2) is 20.9. The molecule has 0 N–H and O–H groups in total. The first kappa shape index (κ1) is 35.4. The Morgan fingerprint density at radius 1 is 0.256 bits per heavy atom. The van der Waals surface area contributed by atoms with Gasteiger partial charge in [0.25, 0.3) is 0 Å². The van der Waals surface area contributed by atoms with Gasteiger partial charge in [0, 0.05) is 16.5 Å². The molecule has 0 saturated carbocycles. The van der Waals surface area contributed by atoms with Crippen LogP contribution in [0.2, 0.25) is 0 Å². The van der Waals surface area contributed by atoms with Crippen LogP contribution in [-0.2, 0) is 25.8 Å². The average molecular weight is 641 g/mol. The summed E-state index contributed by atoms with van der Waals surface area (Å²) in [6, 6.07) is 64.7. The molecule has 2 nitrogen and oxygen atoms in total. The van der Waals surface area contributed by atoms with Crippen molar-refractivity contribution in [3.05, 3.63) is 182 Å². The molecule has 5 heteroatoms. The standard InChI is InChI=1S/2C18H15P.2CHO.Ni/c2*1-4-10-16(11-5-1)19(17-12-6-2-7-13-17)18-14-8-3-9-15-18;2*1-2;/h2*1-15H;2*1H;/q;;2*+1;. The first-order chi connectivity index (χ1) is 20.9. The number of benzene rings is 6. The van der Waals surface area contributed by atoms with E-state index in [4.69, 9.17) is 9.30 Å². The summed E-state index contributed by atoms with van der Waals surface area (Å²) in [7, 11) is -0.892. The molecule has 0 heterocycles. The van der Waals surface area contributed by atoms with Crippen molar-refractivity contribution in [1.29, 1.82) is 0 Å². The third-order valence-electron chi connectivity index (χ3n) is 6.09. The molecule has 6 aromatic rings. The van der Waals surface area contributed by atoms with Crippen molar-refractivity contribution in [2.75, 3.05) is 0 Å². The van der Waals surface area contributed by atoms with Gasteiger partial charge < -0.3 is 0 Å². The zero-order valence-electron chi connectivity index (χ0n) is 23.5. The van der Waals surface area contributed by atoms with Crippen molar-refractivity contribution in [2.24, 2.45) is 0 Å². The number of hydrogen-bond acceptors (Lipinski definition) is 0. The van der Waals surface area contributed by atoms with Crippen molar-refractivity contribution in [1.82, 2.24) is 0 Å². The first-order valence-corrected chi connectivity index (χ1v) is 16.0. The second-order valence-corrected chi connectivity index (χ2v) is 13.1. The van der Waals surface area contributed by atoms with E-state index in [0.717, 1.165) is 0 Å². The molecule has 0 amide bonds. The summed E-state index contributed by atoms with van der Waals surface area (Å²) in [5.74, 6) is 0. The van der Waals surface area contributed by atoms with Crippen LogP contribution < -0.4 is 31.8 Å². The van der Waals surface area contributed by atoms with Crippen LogP contribution in [0.4, 0.5) is 0 Å². The van der Waals surface area contributed by atoms with E-state index < -0.39 is 15.8 Å². The molecule has 0 bridgehead atoms. The van der Waals surface area contributed by atoms with Crippen LogP contribution in [0.3, 0.4) is 0 Å². The van der Waals surface area contributed by atoms with Crippen LogP contribution in [0.15, 0.2) is 182 Å². The number of hydrogen-bond donors (Lipinski definition) is 0. The van der Waals surface area contributed by atoms with Gasteiger partial charge in [-0.3, -0.25) is 0 Å². The Labute approximate surface area is 267 Å². The zero-order valence-corrected chi connectivity index (χ0v) is 26.3. The maximum atomic E-state index is 7.75. The summed E-state index contributed by atoms with van der Waals surface area (Å²) in [5, 5.41) is 8.39. The quantitative estimate of drug-likeness (QED) is 0.108. The fraction of sp³-hybridized carbons (Fsp3) is 0. The molecular weight excluding hydrogens is 609 g/mol. The molecule has 0 atom stereocenters. The van der Waals surface area contributed by atoms with Gasteiger partial charge >= 0.3 is 22.6 Å². The third kappa shape index (κ3) is 10.7. The molecule has 0 spiro atoms. The summed E-state index contributed by atoms with van der Waals surface area (Å²) in [6.07, 6.45) is 0. The molecule has 6 rings (SSSR count). The van der Waals surface area contributed by atoms with Gasteiger partial charge in [0.1, 0.15) is 0 Å². The molecular formula is C38H32NiO2P2+2. The molecule has 6 aromatic carbocycles. The predicted octanol–water partition coefficient (Wildman–Crippen LogP) is 6.90. The normalized spacial score (nSPS) is 9.44. The Bertz CT molecular complexity index is 1270. The van der Waals surface area contributed by atoms with Crippen molar-refractivity contribution in [3.8, 4) is 13.3 Å². The minimum atomic E-state index is -0.446. The van der Waals surface area contributed by atoms with Crippen molar-refractivity contribution in [3.63, 3.8) is 0 Å². The van der Waals surface area contributed by atoms with Crippen molar-refractivity contribution in [2.45, 2.75) is 0 Å². The fourth-order valence-electron chi connectivity index (χ4n) is 4.36. The third-order valence-corrected chi connectivity index (χ3v) is 11.0. The maximum Gasteiger partial charge on any atom is 0 e. The SMILES string of the molecule is C#[O+].C#[O+].[Ni].c1ccc(P(c2ccccc2)c2ccccc2)cc1.c1ccc(P(c2ccccc2)c2ccccc2)cc1. The topological polar surface area (TPSA) is 39.8 Å². The van der Waals surface area contributed by atoms with Crippen LogP contribution in [0, 0.1) is 13.3 Å². The van der Waals surface area contributed by atoms with E-state index in [0.29, 0.717) is 0 Å². The monoisotopic (exact) mass is 640 g/mol. The van der Waals surface area contributed by atoms with E-state index in [1.807, 2.05) is 0 Å². The Hall–Kier alpha value is -3.85. The molecule has 0 aromatic heterocycles. The fourth-order valence-corrected chi connectivity index (χ4v) is 8.97. The van der Waals surface area contributed by atoms with E-state index in [9.17, 15) is 0 Å². The average Bonchev–Trinajstić information content (AvgIpc) is 3.10. The van der Waals surface area contributed by atoms with Gasteiger partial charge in [0.15, 0.2) is 0 Å². The Kier molecular flexibility index (Phi) is 17.2. The molecule has 214 valence electrons. The predicted molar refractivity (Wildman–Crippen MR) is 182 cm³/mol. The van der Waals surface area contributed by atoms with Crippen LogP contribution in [0.1, 0.15) is 0 Å². The molecule has 0 radical (unpaired) electrons. The zero-order chi connectivity index (χ0) is 29.8. The Morgan fingerprint density at radius 2 is 0.372 bits per heavy atom. The van der Waals surface area contributed by atoms with Crippen LogP contribution >= 0.6 is 15.8 Å². The van der Waals surface area contributed by atoms with E-state index >= 15 is 0 Å². The van der Waals surface area contributed by atoms with Crippen LogP contribution in [0.25, 0.3) is 0 Å². The van der Waals surface area contributed by atoms with Crippen molar-refractivity contribution < 1.29 is 25.8 Å². The molecule has 43 heavy (non-hydrogen) atoms. The molecule has 0 aliphatic heterocycles. The van der Waals surface area contributed by atoms with Gasteiger partial charge in [-0.15, -0.1) is 0 Å². The minimum Gasteiger partial charge on any atom is -0.0622 e. The summed E-state index contributed by atoms with van der Waals surface area (Å²) in [5.41, 5.74) is 0. The summed E-state index contributed by atoms with van der Waals surface area (Å²) >= 11 is 0. The summed E-state index contributed by atoms with van der Waals surface area (Å²) < 4.78 is 15.5. The van der Waals surface area contributed by atoms with Gasteiger partial charge in [0.2, 0.25) is 0 Å². The van der Waals surface area contributed by atoms with Crippen LogP contribution in [0.5, 0.6) is 0 Å². The Morgan fingerprint density at radius 3 is 0.488 bits per heavy atom. The molecule has 0 aliphatic carbocycles. The van der Waals surface area contributed by atoms with Crippen LogP contribution in [-0.4, -0.2) is 0 Å². The van der Waals surface area contributed by atoms with Gasteiger partial charge in [-0.25, -0.2) is 0 Å². The molecule has 0 aliphatic rings. The van der Waals surface area contributed by atoms with Gasteiger partial charge in [-0.05, 0) is 47.7 Å². The van der Waals surface area contributed by atoms with Gasteiger partial charge in [0.05, 0.1) is 0 Å². The smallest absolute Gasteiger partial charge is 0 e. The van der Waals surface area contributed by atoms with Gasteiger partial charge in [-0.2, -0.15) is 0 Å². The van der Waals surface area contributed by atoms with E-state index in [-0.39, 0.29) is 16.5 Å². The van der Waals surface area contributed by atoms with Gasteiger partial charge in [-0.1, -0.05) is 182 Å².